The van der Waals surface area contributed by atoms with E-state index in [2.05, 4.69) is 10.6 Å². The molecular formula is C22H27N3O4. The molecule has 0 unspecified atom stereocenters. The van der Waals surface area contributed by atoms with E-state index in [1.54, 1.807) is 31.5 Å². The number of furan rings is 1. The quantitative estimate of drug-likeness (QED) is 0.782. The van der Waals surface area contributed by atoms with Gasteiger partial charge in [-0.15, -0.1) is 0 Å². The molecule has 2 fully saturated rings. The number of hydrogen-bond donors (Lipinski definition) is 2. The highest BCUT2D eigenvalue weighted by molar-refractivity contribution is 5.99. The van der Waals surface area contributed by atoms with Crippen LogP contribution in [0, 0.1) is 0 Å². The molecule has 1 atom stereocenters. The zero-order valence-electron chi connectivity index (χ0n) is 16.6. The molecule has 0 saturated heterocycles. The standard InChI is InChI=1S/C22H27N3O4/c1-14(19-8-5-11-29-19)23-21(27)17-12-25(16-6-3-2-4-7-16)13-18(20(17)26)22(28)24-15-9-10-15/h5,8,11-16H,2-4,6-7,9-10H2,1H3,(H,23,27)(H,24,28)/t14-/m0/s1. The monoisotopic (exact) mass is 397 g/mol. The van der Waals surface area contributed by atoms with Crippen LogP contribution >= 0.6 is 0 Å². The molecule has 7 nitrogen and oxygen atoms in total. The molecule has 2 N–H and O–H groups in total. The third-order valence-corrected chi connectivity index (χ3v) is 5.76. The fourth-order valence-electron chi connectivity index (χ4n) is 3.89. The molecule has 0 aliphatic heterocycles. The molecule has 29 heavy (non-hydrogen) atoms. The molecule has 2 saturated carbocycles. The maximum Gasteiger partial charge on any atom is 0.257 e. The number of carbonyl (C=O) groups excluding carboxylic acids is 2. The van der Waals surface area contributed by atoms with Crippen molar-refractivity contribution in [3.05, 3.63) is 57.9 Å². The Hall–Kier alpha value is -2.83. The second kappa shape index (κ2) is 8.27. The van der Waals surface area contributed by atoms with Crippen LogP contribution in [0.25, 0.3) is 0 Å². The van der Waals surface area contributed by atoms with Gasteiger partial charge in [-0.2, -0.15) is 0 Å². The van der Waals surface area contributed by atoms with Gasteiger partial charge in [-0.1, -0.05) is 19.3 Å². The summed E-state index contributed by atoms with van der Waals surface area (Å²) in [6.45, 7) is 1.79. The van der Waals surface area contributed by atoms with E-state index in [9.17, 15) is 14.4 Å². The highest BCUT2D eigenvalue weighted by atomic mass is 16.3. The summed E-state index contributed by atoms with van der Waals surface area (Å²) >= 11 is 0. The minimum Gasteiger partial charge on any atom is -0.467 e. The van der Waals surface area contributed by atoms with Crippen molar-refractivity contribution in [3.8, 4) is 0 Å². The van der Waals surface area contributed by atoms with Crippen molar-refractivity contribution in [2.24, 2.45) is 0 Å². The first-order valence-electron chi connectivity index (χ1n) is 10.4. The molecule has 154 valence electrons. The maximum atomic E-state index is 13.0. The SMILES string of the molecule is C[C@H](NC(=O)c1cn(C2CCCCC2)cc(C(=O)NC2CC2)c1=O)c1ccco1. The second-order valence-corrected chi connectivity index (χ2v) is 8.11. The number of nitrogens with one attached hydrogen (secondary N) is 2. The van der Waals surface area contributed by atoms with Crippen molar-refractivity contribution in [3.63, 3.8) is 0 Å². The Morgan fingerprint density at radius 2 is 1.76 bits per heavy atom. The molecule has 2 heterocycles. The molecule has 0 bridgehead atoms. The molecule has 0 radical (unpaired) electrons. The van der Waals surface area contributed by atoms with E-state index in [4.69, 9.17) is 4.42 Å². The van der Waals surface area contributed by atoms with Crippen molar-refractivity contribution in [2.75, 3.05) is 0 Å². The van der Waals surface area contributed by atoms with E-state index in [-0.39, 0.29) is 29.3 Å². The van der Waals surface area contributed by atoms with Crippen LogP contribution in [-0.2, 0) is 0 Å². The zero-order chi connectivity index (χ0) is 20.4. The van der Waals surface area contributed by atoms with E-state index in [0.717, 1.165) is 38.5 Å². The first-order valence-corrected chi connectivity index (χ1v) is 10.4. The highest BCUT2D eigenvalue weighted by Crippen LogP contribution is 2.28. The molecule has 2 aromatic heterocycles. The summed E-state index contributed by atoms with van der Waals surface area (Å²) < 4.78 is 7.23. The Bertz CT molecular complexity index is 937. The summed E-state index contributed by atoms with van der Waals surface area (Å²) in [7, 11) is 0. The Morgan fingerprint density at radius 3 is 2.38 bits per heavy atom. The van der Waals surface area contributed by atoms with Crippen LogP contribution in [0.3, 0.4) is 0 Å². The summed E-state index contributed by atoms with van der Waals surface area (Å²) in [6, 6.07) is 3.47. The third kappa shape index (κ3) is 4.44. The van der Waals surface area contributed by atoms with Gasteiger partial charge in [0.15, 0.2) is 0 Å². The summed E-state index contributed by atoms with van der Waals surface area (Å²) in [5.41, 5.74) is -0.488. The molecular weight excluding hydrogens is 370 g/mol. The van der Waals surface area contributed by atoms with Crippen molar-refractivity contribution < 1.29 is 14.0 Å². The van der Waals surface area contributed by atoms with Crippen molar-refractivity contribution >= 4 is 11.8 Å². The van der Waals surface area contributed by atoms with Crippen molar-refractivity contribution in [1.29, 1.82) is 0 Å². The third-order valence-electron chi connectivity index (χ3n) is 5.76. The highest BCUT2D eigenvalue weighted by Gasteiger charge is 2.28. The number of amides is 2. The van der Waals surface area contributed by atoms with Crippen LogP contribution in [0.1, 0.15) is 90.4 Å². The number of pyridine rings is 1. The lowest BCUT2D eigenvalue weighted by Gasteiger charge is -2.25. The molecule has 0 aromatic carbocycles. The van der Waals surface area contributed by atoms with Crippen LogP contribution in [0.4, 0.5) is 0 Å². The van der Waals surface area contributed by atoms with Gasteiger partial charge in [-0.3, -0.25) is 14.4 Å². The van der Waals surface area contributed by atoms with Gasteiger partial charge in [0.1, 0.15) is 16.9 Å². The Morgan fingerprint density at radius 1 is 1.07 bits per heavy atom. The first kappa shape index (κ1) is 19.5. The predicted molar refractivity (Wildman–Crippen MR) is 108 cm³/mol. The summed E-state index contributed by atoms with van der Waals surface area (Å²) in [4.78, 5) is 38.6. The molecule has 2 aromatic rings. The lowest BCUT2D eigenvalue weighted by molar-refractivity contribution is 0.0933. The number of carbonyl (C=O) groups is 2. The minimum atomic E-state index is -0.528. The largest absolute Gasteiger partial charge is 0.467 e. The second-order valence-electron chi connectivity index (χ2n) is 8.11. The van der Waals surface area contributed by atoms with E-state index in [1.165, 1.54) is 12.7 Å². The number of nitrogens with zero attached hydrogens (tertiary/aromatic N) is 1. The normalized spacial score (nSPS) is 18.2. The molecule has 2 amide bonds. The van der Waals surface area contributed by atoms with Crippen LogP contribution in [0.2, 0.25) is 0 Å². The summed E-state index contributed by atoms with van der Waals surface area (Å²) in [5.74, 6) is -0.283. The van der Waals surface area contributed by atoms with Crippen LogP contribution in [0.15, 0.2) is 40.0 Å². The van der Waals surface area contributed by atoms with Crippen molar-refractivity contribution in [2.45, 2.75) is 70.0 Å². The van der Waals surface area contributed by atoms with Gasteiger partial charge < -0.3 is 19.6 Å². The predicted octanol–water partition coefficient (Wildman–Crippen LogP) is 3.33. The van der Waals surface area contributed by atoms with Crippen molar-refractivity contribution in [1.82, 2.24) is 15.2 Å². The lowest BCUT2D eigenvalue weighted by atomic mass is 9.95. The average molecular weight is 397 g/mol. The zero-order valence-corrected chi connectivity index (χ0v) is 16.6. The lowest BCUT2D eigenvalue weighted by Crippen LogP contribution is -2.37. The minimum absolute atomic E-state index is 0.00238. The first-order chi connectivity index (χ1) is 14.0. The molecule has 7 heteroatoms. The van der Waals surface area contributed by atoms with E-state index >= 15 is 0 Å². The van der Waals surface area contributed by atoms with Gasteiger partial charge in [0.2, 0.25) is 5.43 Å². The van der Waals surface area contributed by atoms with Crippen LogP contribution in [-0.4, -0.2) is 22.4 Å². The Labute approximate surface area is 169 Å². The molecule has 0 spiro atoms. The summed E-state index contributed by atoms with van der Waals surface area (Å²) in [6.07, 6.45) is 12.0. The van der Waals surface area contributed by atoms with E-state index in [0.29, 0.717) is 5.76 Å². The number of rotatable bonds is 6. The molecule has 2 aliphatic rings. The van der Waals surface area contributed by atoms with Gasteiger partial charge >= 0.3 is 0 Å². The van der Waals surface area contributed by atoms with Gasteiger partial charge in [-0.25, -0.2) is 0 Å². The fourth-order valence-corrected chi connectivity index (χ4v) is 3.89. The molecule has 2 aliphatic carbocycles. The Kier molecular flexibility index (Phi) is 5.56. The number of hydrogen-bond acceptors (Lipinski definition) is 4. The fraction of sp³-hybridized carbons (Fsp3) is 0.500. The molecule has 4 rings (SSSR count). The summed E-state index contributed by atoms with van der Waals surface area (Å²) in [5, 5.41) is 5.68. The van der Waals surface area contributed by atoms with Gasteiger partial charge in [-0.05, 0) is 44.7 Å². The van der Waals surface area contributed by atoms with Gasteiger partial charge in [0.25, 0.3) is 11.8 Å². The smallest absolute Gasteiger partial charge is 0.257 e. The number of aromatic nitrogens is 1. The topological polar surface area (TPSA) is 93.3 Å². The Balaban J connectivity index is 1.65. The van der Waals surface area contributed by atoms with Crippen LogP contribution in [0.5, 0.6) is 0 Å². The van der Waals surface area contributed by atoms with E-state index < -0.39 is 17.2 Å². The van der Waals surface area contributed by atoms with Gasteiger partial charge in [0.05, 0.1) is 12.3 Å². The average Bonchev–Trinajstić information content (AvgIpc) is 3.36. The van der Waals surface area contributed by atoms with Gasteiger partial charge in [0, 0.05) is 24.5 Å². The maximum absolute atomic E-state index is 13.0. The van der Waals surface area contributed by atoms with E-state index in [1.807, 2.05) is 4.57 Å². The van der Waals surface area contributed by atoms with Crippen LogP contribution < -0.4 is 16.1 Å².